The third kappa shape index (κ3) is 5.03. The topological polar surface area (TPSA) is 105 Å². The Balaban J connectivity index is 1.90. The van der Waals surface area contributed by atoms with E-state index < -0.39 is 17.7 Å². The molecule has 0 saturated heterocycles. The van der Waals surface area contributed by atoms with Crippen LogP contribution in [0, 0.1) is 12.7 Å². The zero-order valence-electron chi connectivity index (χ0n) is 15.8. The minimum absolute atomic E-state index is 0.129. The number of aliphatic carboxylic acids is 1. The second-order valence-corrected chi connectivity index (χ2v) is 6.65. The number of rotatable bonds is 6. The van der Waals surface area contributed by atoms with Crippen LogP contribution >= 0.6 is 0 Å². The Kier molecular flexibility index (Phi) is 5.99. The van der Waals surface area contributed by atoms with Crippen molar-refractivity contribution in [3.05, 3.63) is 82.8 Å². The quantitative estimate of drug-likeness (QED) is 0.594. The lowest BCUT2D eigenvalue weighted by Gasteiger charge is -2.11. The third-order valence-electron chi connectivity index (χ3n) is 4.33. The Labute approximate surface area is 167 Å². The molecule has 0 aliphatic carbocycles. The van der Waals surface area contributed by atoms with E-state index in [1.54, 1.807) is 36.4 Å². The summed E-state index contributed by atoms with van der Waals surface area (Å²) in [6.45, 7) is 2.03. The molecule has 0 bridgehead atoms. The molecule has 0 atom stereocenters. The molecule has 0 fully saturated rings. The number of aromatic nitrogens is 1. The highest BCUT2D eigenvalue weighted by Gasteiger charge is 2.14. The van der Waals surface area contributed by atoms with Crippen LogP contribution in [0.2, 0.25) is 0 Å². The Hall–Kier alpha value is -3.58. The predicted molar refractivity (Wildman–Crippen MR) is 108 cm³/mol. The van der Waals surface area contributed by atoms with Gasteiger partial charge in [-0.25, -0.2) is 9.37 Å². The fourth-order valence-corrected chi connectivity index (χ4v) is 2.95. The summed E-state index contributed by atoms with van der Waals surface area (Å²) in [5, 5.41) is 11.8. The van der Waals surface area contributed by atoms with Crippen LogP contribution in [0.1, 0.15) is 27.2 Å². The monoisotopic (exact) mass is 393 g/mol. The van der Waals surface area contributed by atoms with Crippen LogP contribution in [-0.2, 0) is 17.8 Å². The standard InChI is InChI=1S/C22H20FN3O3/c1-13-5-6-15(11-21(27)28)20(7-13)26-22(29)19-4-2-3-18(25-19)16-8-14(12-24)9-17(23)10-16/h2-10H,11-12,24H2,1H3,(H,26,29)(H,27,28). The molecule has 4 N–H and O–H groups in total. The molecule has 0 radical (unpaired) electrons. The van der Waals surface area contributed by atoms with Gasteiger partial charge in [0, 0.05) is 17.8 Å². The molecular weight excluding hydrogens is 373 g/mol. The molecule has 3 aromatic rings. The summed E-state index contributed by atoms with van der Waals surface area (Å²) in [5.41, 5.74) is 9.08. The van der Waals surface area contributed by atoms with Crippen LogP contribution in [0.5, 0.6) is 0 Å². The van der Waals surface area contributed by atoms with Gasteiger partial charge in [-0.15, -0.1) is 0 Å². The summed E-state index contributed by atoms with van der Waals surface area (Å²) in [6.07, 6.45) is -0.214. The number of nitrogens with one attached hydrogen (secondary N) is 1. The number of carboxylic acid groups (broad SMARTS) is 1. The maximum Gasteiger partial charge on any atom is 0.307 e. The zero-order chi connectivity index (χ0) is 21.0. The minimum atomic E-state index is -0.994. The zero-order valence-corrected chi connectivity index (χ0v) is 15.8. The van der Waals surface area contributed by atoms with E-state index in [1.165, 1.54) is 18.2 Å². The van der Waals surface area contributed by atoms with Crippen molar-refractivity contribution in [3.8, 4) is 11.3 Å². The van der Waals surface area contributed by atoms with E-state index in [-0.39, 0.29) is 18.7 Å². The molecule has 3 rings (SSSR count). The number of nitrogens with two attached hydrogens (primary N) is 1. The molecule has 0 saturated carbocycles. The van der Waals surface area contributed by atoms with Crippen LogP contribution in [0.15, 0.2) is 54.6 Å². The number of hydrogen-bond donors (Lipinski definition) is 3. The van der Waals surface area contributed by atoms with Gasteiger partial charge in [0.15, 0.2) is 0 Å². The van der Waals surface area contributed by atoms with Crippen LogP contribution in [0.3, 0.4) is 0 Å². The number of nitrogens with zero attached hydrogens (tertiary/aromatic N) is 1. The van der Waals surface area contributed by atoms with Crippen LogP contribution in [0.25, 0.3) is 11.3 Å². The van der Waals surface area contributed by atoms with Gasteiger partial charge in [0.2, 0.25) is 0 Å². The van der Waals surface area contributed by atoms with Crippen molar-refractivity contribution in [1.29, 1.82) is 0 Å². The number of carbonyl (C=O) groups is 2. The molecule has 7 heteroatoms. The first-order valence-electron chi connectivity index (χ1n) is 8.95. The number of anilines is 1. The molecule has 29 heavy (non-hydrogen) atoms. The highest BCUT2D eigenvalue weighted by atomic mass is 19.1. The molecule has 0 aliphatic rings. The third-order valence-corrected chi connectivity index (χ3v) is 4.33. The van der Waals surface area contributed by atoms with Gasteiger partial charge in [-0.3, -0.25) is 9.59 Å². The molecule has 0 aliphatic heterocycles. The molecule has 1 heterocycles. The van der Waals surface area contributed by atoms with Crippen molar-refractivity contribution in [1.82, 2.24) is 4.98 Å². The molecule has 148 valence electrons. The maximum absolute atomic E-state index is 13.8. The van der Waals surface area contributed by atoms with Gasteiger partial charge >= 0.3 is 5.97 Å². The maximum atomic E-state index is 13.8. The number of pyridine rings is 1. The lowest BCUT2D eigenvalue weighted by molar-refractivity contribution is -0.136. The van der Waals surface area contributed by atoms with Gasteiger partial charge in [-0.2, -0.15) is 0 Å². The van der Waals surface area contributed by atoms with Crippen molar-refractivity contribution < 1.29 is 19.1 Å². The van der Waals surface area contributed by atoms with E-state index in [0.717, 1.165) is 5.56 Å². The van der Waals surface area contributed by atoms with Crippen molar-refractivity contribution in [2.45, 2.75) is 19.9 Å². The van der Waals surface area contributed by atoms with Gasteiger partial charge in [-0.05, 0) is 60.0 Å². The first-order chi connectivity index (χ1) is 13.9. The lowest BCUT2D eigenvalue weighted by atomic mass is 10.1. The second-order valence-electron chi connectivity index (χ2n) is 6.65. The normalized spacial score (nSPS) is 10.6. The SMILES string of the molecule is Cc1ccc(CC(=O)O)c(NC(=O)c2cccc(-c3cc(F)cc(CN)c3)n2)c1. The number of benzene rings is 2. The average molecular weight is 393 g/mol. The van der Waals surface area contributed by atoms with E-state index in [9.17, 15) is 14.0 Å². The van der Waals surface area contributed by atoms with E-state index in [1.807, 2.05) is 6.92 Å². The number of amides is 1. The first kappa shape index (κ1) is 20.2. The van der Waals surface area contributed by atoms with Gasteiger partial charge in [-0.1, -0.05) is 18.2 Å². The molecule has 0 spiro atoms. The lowest BCUT2D eigenvalue weighted by Crippen LogP contribution is -2.16. The fourth-order valence-electron chi connectivity index (χ4n) is 2.95. The van der Waals surface area contributed by atoms with Gasteiger partial charge < -0.3 is 16.2 Å². The first-order valence-corrected chi connectivity index (χ1v) is 8.95. The van der Waals surface area contributed by atoms with E-state index in [4.69, 9.17) is 10.8 Å². The summed E-state index contributed by atoms with van der Waals surface area (Å²) in [6, 6.07) is 14.4. The highest BCUT2D eigenvalue weighted by Crippen LogP contribution is 2.22. The summed E-state index contributed by atoms with van der Waals surface area (Å²) in [4.78, 5) is 28.1. The predicted octanol–water partition coefficient (Wildman–Crippen LogP) is 3.53. The molecule has 6 nitrogen and oxygen atoms in total. The number of aryl methyl sites for hydroxylation is 1. The molecule has 2 aromatic carbocycles. The molecule has 1 aromatic heterocycles. The number of carboxylic acids is 1. The summed E-state index contributed by atoms with van der Waals surface area (Å²) < 4.78 is 13.8. The van der Waals surface area contributed by atoms with Crippen LogP contribution in [-0.4, -0.2) is 22.0 Å². The second kappa shape index (κ2) is 8.62. The van der Waals surface area contributed by atoms with Crippen molar-refractivity contribution in [3.63, 3.8) is 0 Å². The van der Waals surface area contributed by atoms with Crippen molar-refractivity contribution in [2.75, 3.05) is 5.32 Å². The van der Waals surface area contributed by atoms with E-state index >= 15 is 0 Å². The average Bonchev–Trinajstić information content (AvgIpc) is 2.69. The molecule has 1 amide bonds. The molecular formula is C22H20FN3O3. The van der Waals surface area contributed by atoms with Crippen LogP contribution < -0.4 is 11.1 Å². The fraction of sp³-hybridized carbons (Fsp3) is 0.136. The minimum Gasteiger partial charge on any atom is -0.481 e. The van der Waals surface area contributed by atoms with Gasteiger partial charge in [0.05, 0.1) is 12.1 Å². The molecule has 0 unspecified atom stereocenters. The Bertz CT molecular complexity index is 1080. The Morgan fingerprint density at radius 1 is 1.14 bits per heavy atom. The van der Waals surface area contributed by atoms with E-state index in [0.29, 0.717) is 28.1 Å². The smallest absolute Gasteiger partial charge is 0.307 e. The largest absolute Gasteiger partial charge is 0.481 e. The van der Waals surface area contributed by atoms with E-state index in [2.05, 4.69) is 10.3 Å². The van der Waals surface area contributed by atoms with Crippen molar-refractivity contribution in [2.24, 2.45) is 5.73 Å². The number of hydrogen-bond acceptors (Lipinski definition) is 4. The summed E-state index contributed by atoms with van der Waals surface area (Å²) in [5.74, 6) is -1.91. The highest BCUT2D eigenvalue weighted by molar-refractivity contribution is 6.03. The number of carbonyl (C=O) groups excluding carboxylic acids is 1. The Morgan fingerprint density at radius 3 is 2.66 bits per heavy atom. The van der Waals surface area contributed by atoms with Gasteiger partial charge in [0.1, 0.15) is 11.5 Å². The van der Waals surface area contributed by atoms with Crippen LogP contribution in [0.4, 0.5) is 10.1 Å². The van der Waals surface area contributed by atoms with Crippen molar-refractivity contribution >= 4 is 17.6 Å². The summed E-state index contributed by atoms with van der Waals surface area (Å²) >= 11 is 0. The Morgan fingerprint density at radius 2 is 1.93 bits per heavy atom. The van der Waals surface area contributed by atoms with Gasteiger partial charge in [0.25, 0.3) is 5.91 Å². The number of halogens is 1. The summed E-state index contributed by atoms with van der Waals surface area (Å²) in [7, 11) is 0.